The second-order valence-electron chi connectivity index (χ2n) is 3.00. The molecule has 0 fully saturated rings. The largest absolute Gasteiger partial charge is 0.369 e. The SMILES string of the molecule is CCNCCNc1cc(=O)[nH]c(C)n1. The van der Waals surface area contributed by atoms with Crippen molar-refractivity contribution in [1.29, 1.82) is 0 Å². The van der Waals surface area contributed by atoms with E-state index in [0.717, 1.165) is 19.6 Å². The van der Waals surface area contributed by atoms with Gasteiger partial charge in [-0.15, -0.1) is 0 Å². The summed E-state index contributed by atoms with van der Waals surface area (Å²) in [7, 11) is 0. The average molecular weight is 196 g/mol. The van der Waals surface area contributed by atoms with E-state index in [0.29, 0.717) is 11.6 Å². The van der Waals surface area contributed by atoms with E-state index in [9.17, 15) is 4.79 Å². The summed E-state index contributed by atoms with van der Waals surface area (Å²) < 4.78 is 0. The first-order chi connectivity index (χ1) is 6.72. The van der Waals surface area contributed by atoms with E-state index in [1.54, 1.807) is 6.92 Å². The van der Waals surface area contributed by atoms with Gasteiger partial charge in [-0.3, -0.25) is 4.79 Å². The molecule has 0 aliphatic rings. The molecule has 3 N–H and O–H groups in total. The van der Waals surface area contributed by atoms with Gasteiger partial charge in [-0.2, -0.15) is 0 Å². The molecule has 0 bridgehead atoms. The normalized spacial score (nSPS) is 10.1. The van der Waals surface area contributed by atoms with Crippen molar-refractivity contribution in [2.45, 2.75) is 13.8 Å². The molecule has 1 aromatic rings. The number of hydrogen-bond donors (Lipinski definition) is 3. The number of aromatic amines is 1. The number of nitrogens with zero attached hydrogens (tertiary/aromatic N) is 1. The molecular weight excluding hydrogens is 180 g/mol. The van der Waals surface area contributed by atoms with Gasteiger partial charge in [0.05, 0.1) is 0 Å². The molecule has 78 valence electrons. The molecule has 0 saturated carbocycles. The van der Waals surface area contributed by atoms with Crippen molar-refractivity contribution in [3.8, 4) is 0 Å². The monoisotopic (exact) mass is 196 g/mol. The van der Waals surface area contributed by atoms with E-state index in [4.69, 9.17) is 0 Å². The summed E-state index contributed by atoms with van der Waals surface area (Å²) in [6.45, 7) is 6.39. The number of likely N-dealkylation sites (N-methyl/N-ethyl adjacent to an activating group) is 1. The molecule has 0 radical (unpaired) electrons. The molecule has 0 saturated heterocycles. The van der Waals surface area contributed by atoms with Crippen LogP contribution in [0.25, 0.3) is 0 Å². The van der Waals surface area contributed by atoms with Crippen LogP contribution >= 0.6 is 0 Å². The van der Waals surface area contributed by atoms with Crippen LogP contribution in [0.15, 0.2) is 10.9 Å². The zero-order valence-corrected chi connectivity index (χ0v) is 8.55. The Morgan fingerprint density at radius 1 is 1.50 bits per heavy atom. The minimum atomic E-state index is -0.122. The van der Waals surface area contributed by atoms with Crippen LogP contribution in [0, 0.1) is 6.92 Å². The predicted molar refractivity (Wildman–Crippen MR) is 56.6 cm³/mol. The number of rotatable bonds is 5. The minimum absolute atomic E-state index is 0.122. The number of hydrogen-bond acceptors (Lipinski definition) is 4. The van der Waals surface area contributed by atoms with E-state index in [1.165, 1.54) is 6.07 Å². The molecule has 5 heteroatoms. The van der Waals surface area contributed by atoms with E-state index in [1.807, 2.05) is 0 Å². The van der Waals surface area contributed by atoms with Crippen LogP contribution in [-0.4, -0.2) is 29.6 Å². The van der Waals surface area contributed by atoms with Crippen LogP contribution in [0.1, 0.15) is 12.7 Å². The van der Waals surface area contributed by atoms with Crippen LogP contribution in [-0.2, 0) is 0 Å². The lowest BCUT2D eigenvalue weighted by molar-refractivity contribution is 0.737. The first-order valence-electron chi connectivity index (χ1n) is 4.75. The molecule has 1 rings (SSSR count). The first-order valence-corrected chi connectivity index (χ1v) is 4.75. The Hall–Kier alpha value is -1.36. The molecule has 0 unspecified atom stereocenters. The highest BCUT2D eigenvalue weighted by molar-refractivity contribution is 5.32. The Morgan fingerprint density at radius 2 is 2.29 bits per heavy atom. The highest BCUT2D eigenvalue weighted by atomic mass is 16.1. The number of H-pyrrole nitrogens is 1. The second kappa shape index (κ2) is 5.39. The summed E-state index contributed by atoms with van der Waals surface area (Å²) in [6, 6.07) is 1.46. The summed E-state index contributed by atoms with van der Waals surface area (Å²) in [4.78, 5) is 17.8. The van der Waals surface area contributed by atoms with Crippen molar-refractivity contribution in [1.82, 2.24) is 15.3 Å². The molecule has 0 aliphatic heterocycles. The number of nitrogens with one attached hydrogen (secondary N) is 3. The summed E-state index contributed by atoms with van der Waals surface area (Å²) in [5.41, 5.74) is -0.122. The predicted octanol–water partition coefficient (Wildman–Crippen LogP) is 0.0997. The lowest BCUT2D eigenvalue weighted by Gasteiger charge is -2.05. The highest BCUT2D eigenvalue weighted by Gasteiger charge is 1.95. The third-order valence-corrected chi connectivity index (χ3v) is 1.72. The fraction of sp³-hybridized carbons (Fsp3) is 0.556. The van der Waals surface area contributed by atoms with Gasteiger partial charge in [0.2, 0.25) is 0 Å². The standard InChI is InChI=1S/C9H16N4O/c1-3-10-4-5-11-8-6-9(14)13-7(2)12-8/h6,10H,3-5H2,1-2H3,(H2,11,12,13,14). The molecular formula is C9H16N4O. The summed E-state index contributed by atoms with van der Waals surface area (Å²) >= 11 is 0. The molecule has 14 heavy (non-hydrogen) atoms. The van der Waals surface area contributed by atoms with E-state index < -0.39 is 0 Å². The number of aryl methyl sites for hydroxylation is 1. The minimum Gasteiger partial charge on any atom is -0.369 e. The highest BCUT2D eigenvalue weighted by Crippen LogP contribution is 1.95. The molecule has 0 spiro atoms. The van der Waals surface area contributed by atoms with Crippen molar-refractivity contribution in [2.24, 2.45) is 0 Å². The third-order valence-electron chi connectivity index (χ3n) is 1.72. The van der Waals surface area contributed by atoms with Gasteiger partial charge >= 0.3 is 0 Å². The van der Waals surface area contributed by atoms with Gasteiger partial charge < -0.3 is 15.6 Å². The molecule has 0 atom stereocenters. The number of anilines is 1. The zero-order chi connectivity index (χ0) is 10.4. The van der Waals surface area contributed by atoms with Crippen LogP contribution in [0.2, 0.25) is 0 Å². The molecule has 1 heterocycles. The van der Waals surface area contributed by atoms with E-state index >= 15 is 0 Å². The second-order valence-corrected chi connectivity index (χ2v) is 3.00. The van der Waals surface area contributed by atoms with Crippen molar-refractivity contribution < 1.29 is 0 Å². The Kier molecular flexibility index (Phi) is 4.12. The van der Waals surface area contributed by atoms with Crippen LogP contribution in [0.4, 0.5) is 5.82 Å². The van der Waals surface area contributed by atoms with Crippen molar-refractivity contribution in [2.75, 3.05) is 25.0 Å². The summed E-state index contributed by atoms with van der Waals surface area (Å²) in [6.07, 6.45) is 0. The van der Waals surface area contributed by atoms with Gasteiger partial charge in [0.25, 0.3) is 5.56 Å². The Balaban J connectivity index is 2.46. The topological polar surface area (TPSA) is 69.8 Å². The van der Waals surface area contributed by atoms with Crippen molar-refractivity contribution in [3.63, 3.8) is 0 Å². The smallest absolute Gasteiger partial charge is 0.252 e. The molecule has 5 nitrogen and oxygen atoms in total. The first kappa shape index (κ1) is 10.7. The maximum atomic E-state index is 11.0. The fourth-order valence-corrected chi connectivity index (χ4v) is 1.13. The zero-order valence-electron chi connectivity index (χ0n) is 8.55. The number of aromatic nitrogens is 2. The van der Waals surface area contributed by atoms with Gasteiger partial charge in [-0.05, 0) is 13.5 Å². The molecule has 0 aromatic carbocycles. The van der Waals surface area contributed by atoms with Gasteiger partial charge in [0.15, 0.2) is 0 Å². The van der Waals surface area contributed by atoms with Gasteiger partial charge in [0.1, 0.15) is 11.6 Å². The average Bonchev–Trinajstić information content (AvgIpc) is 2.11. The Morgan fingerprint density at radius 3 is 2.93 bits per heavy atom. The van der Waals surface area contributed by atoms with Gasteiger partial charge in [-0.25, -0.2) is 4.98 Å². The van der Waals surface area contributed by atoms with Crippen molar-refractivity contribution in [3.05, 3.63) is 22.2 Å². The fourth-order valence-electron chi connectivity index (χ4n) is 1.13. The lowest BCUT2D eigenvalue weighted by atomic mass is 10.5. The van der Waals surface area contributed by atoms with Crippen LogP contribution in [0.5, 0.6) is 0 Å². The van der Waals surface area contributed by atoms with E-state index in [2.05, 4.69) is 27.5 Å². The summed E-state index contributed by atoms with van der Waals surface area (Å²) in [5, 5.41) is 6.24. The maximum Gasteiger partial charge on any atom is 0.252 e. The van der Waals surface area contributed by atoms with Gasteiger partial charge in [0, 0.05) is 19.2 Å². The van der Waals surface area contributed by atoms with Crippen molar-refractivity contribution >= 4 is 5.82 Å². The van der Waals surface area contributed by atoms with E-state index in [-0.39, 0.29) is 5.56 Å². The Bertz CT molecular complexity index is 334. The molecule has 0 amide bonds. The van der Waals surface area contributed by atoms with Crippen LogP contribution < -0.4 is 16.2 Å². The maximum absolute atomic E-state index is 11.0. The third kappa shape index (κ3) is 3.57. The lowest BCUT2D eigenvalue weighted by Crippen LogP contribution is -2.22. The molecule has 0 aliphatic carbocycles. The van der Waals surface area contributed by atoms with Crippen LogP contribution in [0.3, 0.4) is 0 Å². The van der Waals surface area contributed by atoms with Gasteiger partial charge in [-0.1, -0.05) is 6.92 Å². The molecule has 1 aromatic heterocycles. The quantitative estimate of drug-likeness (QED) is 0.584. The summed E-state index contributed by atoms with van der Waals surface area (Å²) in [5.74, 6) is 1.26. The Labute approximate surface area is 83.0 Å².